The van der Waals surface area contributed by atoms with Crippen molar-refractivity contribution in [2.75, 3.05) is 5.32 Å². The summed E-state index contributed by atoms with van der Waals surface area (Å²) in [5.74, 6) is -1.57. The molecule has 1 aromatic rings. The molecule has 3 nitrogen and oxygen atoms in total. The molecule has 2 N–H and O–H groups in total. The van der Waals surface area contributed by atoms with Crippen LogP contribution >= 0.6 is 11.6 Å². The van der Waals surface area contributed by atoms with E-state index in [2.05, 4.69) is 5.32 Å². The van der Waals surface area contributed by atoms with Gasteiger partial charge in [-0.1, -0.05) is 11.6 Å². The lowest BCUT2D eigenvalue weighted by Gasteiger charge is -2.00. The largest absolute Gasteiger partial charge is 0.478 e. The smallest absolute Gasteiger partial charge is 0.329 e. The number of nitrogens with one attached hydrogen (secondary N) is 1. The van der Waals surface area contributed by atoms with Crippen LogP contribution in [0.15, 0.2) is 30.5 Å². The van der Waals surface area contributed by atoms with E-state index in [-0.39, 0.29) is 5.02 Å². The molecule has 0 unspecified atom stereocenters. The average Bonchev–Trinajstić information content (AvgIpc) is 2.01. The second kappa shape index (κ2) is 4.62. The highest BCUT2D eigenvalue weighted by Gasteiger charge is 1.96. The zero-order valence-corrected chi connectivity index (χ0v) is 7.75. The molecule has 14 heavy (non-hydrogen) atoms. The van der Waals surface area contributed by atoms with Crippen molar-refractivity contribution in [1.29, 1.82) is 0 Å². The molecule has 0 aromatic heterocycles. The lowest BCUT2D eigenvalue weighted by atomic mass is 10.3. The number of anilines is 1. The van der Waals surface area contributed by atoms with Crippen molar-refractivity contribution in [3.8, 4) is 0 Å². The molecule has 0 aliphatic carbocycles. The highest BCUT2D eigenvalue weighted by atomic mass is 35.5. The van der Waals surface area contributed by atoms with E-state index in [9.17, 15) is 9.18 Å². The fraction of sp³-hybridized carbons (Fsp3) is 0. The first kappa shape index (κ1) is 10.5. The first-order chi connectivity index (χ1) is 6.58. The average molecular weight is 216 g/mol. The van der Waals surface area contributed by atoms with Gasteiger partial charge in [-0.15, -0.1) is 0 Å². The molecule has 1 rings (SSSR count). The van der Waals surface area contributed by atoms with Crippen LogP contribution < -0.4 is 5.32 Å². The molecule has 0 spiro atoms. The van der Waals surface area contributed by atoms with E-state index < -0.39 is 11.8 Å². The van der Waals surface area contributed by atoms with Gasteiger partial charge in [-0.3, -0.25) is 0 Å². The van der Waals surface area contributed by atoms with Crippen LogP contribution in [-0.4, -0.2) is 11.1 Å². The Bertz CT molecular complexity index is 359. The quantitative estimate of drug-likeness (QED) is 0.762. The normalized spacial score (nSPS) is 10.4. The first-order valence-corrected chi connectivity index (χ1v) is 4.08. The molecular formula is C9H7ClFNO2. The summed E-state index contributed by atoms with van der Waals surface area (Å²) in [6.45, 7) is 0. The molecule has 74 valence electrons. The van der Waals surface area contributed by atoms with Crippen LogP contribution in [-0.2, 0) is 4.79 Å². The van der Waals surface area contributed by atoms with Gasteiger partial charge in [0.1, 0.15) is 5.82 Å². The summed E-state index contributed by atoms with van der Waals surface area (Å²) in [4.78, 5) is 10.1. The third kappa shape index (κ3) is 3.45. The van der Waals surface area contributed by atoms with Gasteiger partial charge in [-0.2, -0.15) is 0 Å². The minimum Gasteiger partial charge on any atom is -0.478 e. The van der Waals surface area contributed by atoms with E-state index in [0.29, 0.717) is 5.69 Å². The minimum absolute atomic E-state index is 0.247. The molecule has 0 heterocycles. The number of hydrogen-bond acceptors (Lipinski definition) is 2. The maximum atomic E-state index is 12.7. The zero-order valence-electron chi connectivity index (χ0n) is 7.00. The maximum absolute atomic E-state index is 12.7. The van der Waals surface area contributed by atoms with Crippen molar-refractivity contribution in [3.63, 3.8) is 0 Å². The summed E-state index contributed by atoms with van der Waals surface area (Å²) in [6, 6.07) is 3.85. The van der Waals surface area contributed by atoms with Crippen LogP contribution in [0.2, 0.25) is 5.02 Å². The lowest BCUT2D eigenvalue weighted by Crippen LogP contribution is -1.92. The number of hydrogen-bond donors (Lipinski definition) is 2. The maximum Gasteiger partial charge on any atom is 0.329 e. The molecule has 0 bridgehead atoms. The topological polar surface area (TPSA) is 49.3 Å². The Morgan fingerprint density at radius 1 is 1.50 bits per heavy atom. The van der Waals surface area contributed by atoms with E-state index in [1.54, 1.807) is 0 Å². The number of carboxylic acids is 1. The first-order valence-electron chi connectivity index (χ1n) is 3.70. The Morgan fingerprint density at radius 2 is 2.21 bits per heavy atom. The third-order valence-corrected chi connectivity index (χ3v) is 1.56. The third-order valence-electron chi connectivity index (χ3n) is 1.34. The minimum atomic E-state index is -1.08. The predicted molar refractivity (Wildman–Crippen MR) is 51.8 cm³/mol. The van der Waals surface area contributed by atoms with Gasteiger partial charge < -0.3 is 10.4 Å². The summed E-state index contributed by atoms with van der Waals surface area (Å²) in [5, 5.41) is 11.1. The fourth-order valence-corrected chi connectivity index (χ4v) is 1.07. The van der Waals surface area contributed by atoms with E-state index in [4.69, 9.17) is 16.7 Å². The Hall–Kier alpha value is -1.55. The number of benzene rings is 1. The van der Waals surface area contributed by atoms with Gasteiger partial charge in [0.05, 0.1) is 0 Å². The van der Waals surface area contributed by atoms with E-state index >= 15 is 0 Å². The summed E-state index contributed by atoms with van der Waals surface area (Å²) in [6.07, 6.45) is 2.09. The van der Waals surface area contributed by atoms with Crippen molar-refractivity contribution in [2.45, 2.75) is 0 Å². The molecule has 0 radical (unpaired) electrons. The molecular weight excluding hydrogens is 209 g/mol. The Kier molecular flexibility index (Phi) is 3.48. The van der Waals surface area contributed by atoms with Gasteiger partial charge in [-0.25, -0.2) is 9.18 Å². The highest BCUT2D eigenvalue weighted by Crippen LogP contribution is 2.17. The SMILES string of the molecule is O=C(O)/C=C/Nc1cc(F)cc(Cl)c1. The van der Waals surface area contributed by atoms with Crippen molar-refractivity contribution in [2.24, 2.45) is 0 Å². The van der Waals surface area contributed by atoms with E-state index in [1.807, 2.05) is 0 Å². The number of carboxylic acid groups (broad SMARTS) is 1. The molecule has 0 saturated carbocycles. The van der Waals surface area contributed by atoms with Gasteiger partial charge >= 0.3 is 5.97 Å². The van der Waals surface area contributed by atoms with Gasteiger partial charge in [-0.05, 0) is 18.2 Å². The van der Waals surface area contributed by atoms with Gasteiger partial charge in [0.15, 0.2) is 0 Å². The molecule has 0 amide bonds. The van der Waals surface area contributed by atoms with Crippen molar-refractivity contribution in [1.82, 2.24) is 0 Å². The number of halogens is 2. The van der Waals surface area contributed by atoms with E-state index in [0.717, 1.165) is 12.1 Å². The number of aliphatic carboxylic acids is 1. The molecule has 0 aliphatic heterocycles. The highest BCUT2D eigenvalue weighted by molar-refractivity contribution is 6.30. The standard InChI is InChI=1S/C9H7ClFNO2/c10-6-3-7(11)5-8(4-6)12-2-1-9(13)14/h1-5,12H,(H,13,14)/b2-1+. The second-order valence-electron chi connectivity index (χ2n) is 2.47. The Balaban J connectivity index is 2.72. The number of rotatable bonds is 3. The fourth-order valence-electron chi connectivity index (χ4n) is 0.846. The lowest BCUT2D eigenvalue weighted by molar-refractivity contribution is -0.131. The Labute approximate surface area is 84.8 Å². The van der Waals surface area contributed by atoms with Gasteiger partial charge in [0.25, 0.3) is 0 Å². The second-order valence-corrected chi connectivity index (χ2v) is 2.91. The summed E-state index contributed by atoms with van der Waals surface area (Å²) >= 11 is 5.57. The van der Waals surface area contributed by atoms with Crippen LogP contribution in [0.4, 0.5) is 10.1 Å². The van der Waals surface area contributed by atoms with Crippen LogP contribution in [0.25, 0.3) is 0 Å². The van der Waals surface area contributed by atoms with Gasteiger partial charge in [0.2, 0.25) is 0 Å². The molecule has 0 aliphatic rings. The molecule has 5 heteroatoms. The van der Waals surface area contributed by atoms with Gasteiger partial charge in [0, 0.05) is 23.0 Å². The molecule has 1 aromatic carbocycles. The van der Waals surface area contributed by atoms with Crippen molar-refractivity contribution < 1.29 is 14.3 Å². The monoisotopic (exact) mass is 215 g/mol. The van der Waals surface area contributed by atoms with Crippen LogP contribution in [0.1, 0.15) is 0 Å². The molecule has 0 fully saturated rings. The Morgan fingerprint density at radius 3 is 2.79 bits per heavy atom. The predicted octanol–water partition coefficient (Wildman–Crippen LogP) is 2.49. The van der Waals surface area contributed by atoms with Crippen LogP contribution in [0.5, 0.6) is 0 Å². The van der Waals surface area contributed by atoms with Crippen LogP contribution in [0, 0.1) is 5.82 Å². The summed E-state index contributed by atoms with van der Waals surface area (Å²) in [5.41, 5.74) is 0.396. The van der Waals surface area contributed by atoms with Crippen molar-refractivity contribution >= 4 is 23.3 Å². The van der Waals surface area contributed by atoms with E-state index in [1.165, 1.54) is 18.3 Å². The number of carbonyl (C=O) groups is 1. The molecule has 0 atom stereocenters. The summed E-state index contributed by atoms with van der Waals surface area (Å²) in [7, 11) is 0. The molecule has 0 saturated heterocycles. The van der Waals surface area contributed by atoms with Crippen molar-refractivity contribution in [3.05, 3.63) is 41.3 Å². The van der Waals surface area contributed by atoms with Crippen LogP contribution in [0.3, 0.4) is 0 Å². The zero-order chi connectivity index (χ0) is 10.6. The summed E-state index contributed by atoms with van der Waals surface area (Å²) < 4.78 is 12.7.